The van der Waals surface area contributed by atoms with Crippen LogP contribution in [0.3, 0.4) is 0 Å². The Balaban J connectivity index is 1.77. The number of aldehydes is 1. The van der Waals surface area contributed by atoms with E-state index in [2.05, 4.69) is 16.3 Å². The molecule has 2 aromatic carbocycles. The van der Waals surface area contributed by atoms with E-state index in [0.29, 0.717) is 0 Å². The van der Waals surface area contributed by atoms with Crippen LogP contribution in [-0.4, -0.2) is 43.6 Å². The molecule has 0 aliphatic carbocycles. The summed E-state index contributed by atoms with van der Waals surface area (Å²) in [6.45, 7) is 3.45. The Bertz CT molecular complexity index is 594. The van der Waals surface area contributed by atoms with E-state index in [1.54, 1.807) is 0 Å². The fourth-order valence-corrected chi connectivity index (χ4v) is 2.51. The van der Waals surface area contributed by atoms with Crippen LogP contribution in [0.25, 0.3) is 10.8 Å². The Kier molecular flexibility index (Phi) is 3.95. The lowest BCUT2D eigenvalue weighted by Crippen LogP contribution is -2.51. The third kappa shape index (κ3) is 2.81. The number of hydrogen-bond donors (Lipinski definition) is 1. The number of nitrogens with zero attached hydrogens (tertiary/aromatic N) is 1. The molecule has 0 saturated carbocycles. The van der Waals surface area contributed by atoms with Gasteiger partial charge in [0.15, 0.2) is 6.29 Å². The lowest BCUT2D eigenvalue weighted by atomic mass is 10.1. The maximum Gasteiger partial charge on any atom is 0.209 e. The summed E-state index contributed by atoms with van der Waals surface area (Å²) in [4.78, 5) is 13.3. The number of carbonyl (C=O) groups is 1. The van der Waals surface area contributed by atoms with Gasteiger partial charge in [-0.2, -0.15) is 0 Å². The van der Waals surface area contributed by atoms with Crippen molar-refractivity contribution in [3.63, 3.8) is 0 Å². The van der Waals surface area contributed by atoms with E-state index in [4.69, 9.17) is 4.74 Å². The van der Waals surface area contributed by atoms with Gasteiger partial charge in [0.2, 0.25) is 6.23 Å². The van der Waals surface area contributed by atoms with E-state index in [9.17, 15) is 4.79 Å². The first kappa shape index (κ1) is 13.1. The Morgan fingerprint density at radius 1 is 1.10 bits per heavy atom. The quantitative estimate of drug-likeness (QED) is 0.858. The van der Waals surface area contributed by atoms with Gasteiger partial charge in [-0.15, -0.1) is 0 Å². The summed E-state index contributed by atoms with van der Waals surface area (Å²) in [5.41, 5.74) is 0. The van der Waals surface area contributed by atoms with Crippen molar-refractivity contribution in [2.45, 2.75) is 6.23 Å². The van der Waals surface area contributed by atoms with Gasteiger partial charge in [0, 0.05) is 26.2 Å². The summed E-state index contributed by atoms with van der Waals surface area (Å²) in [7, 11) is 0. The van der Waals surface area contributed by atoms with E-state index in [1.165, 1.54) is 5.39 Å². The van der Waals surface area contributed by atoms with Gasteiger partial charge in [0.05, 0.1) is 0 Å². The molecule has 1 saturated heterocycles. The van der Waals surface area contributed by atoms with Gasteiger partial charge in [-0.1, -0.05) is 30.3 Å². The molecule has 1 unspecified atom stereocenters. The van der Waals surface area contributed by atoms with E-state index in [0.717, 1.165) is 43.6 Å². The van der Waals surface area contributed by atoms with Crippen molar-refractivity contribution in [2.75, 3.05) is 26.2 Å². The number of benzene rings is 2. The fourth-order valence-electron chi connectivity index (χ4n) is 2.51. The minimum Gasteiger partial charge on any atom is -0.468 e. The molecule has 1 heterocycles. The first-order chi connectivity index (χ1) is 9.86. The third-order valence-corrected chi connectivity index (χ3v) is 3.61. The molecule has 2 aromatic rings. The highest BCUT2D eigenvalue weighted by molar-refractivity contribution is 5.83. The number of carbonyl (C=O) groups excluding carboxylic acids is 1. The highest BCUT2D eigenvalue weighted by Gasteiger charge is 2.21. The van der Waals surface area contributed by atoms with Gasteiger partial charge in [0.1, 0.15) is 5.75 Å². The van der Waals surface area contributed by atoms with Crippen molar-refractivity contribution in [1.29, 1.82) is 0 Å². The van der Waals surface area contributed by atoms with E-state index >= 15 is 0 Å². The predicted molar refractivity (Wildman–Crippen MR) is 78.9 cm³/mol. The maximum atomic E-state index is 11.3. The second-order valence-electron chi connectivity index (χ2n) is 4.94. The zero-order valence-corrected chi connectivity index (χ0v) is 11.3. The molecule has 0 aromatic heterocycles. The molecular weight excluding hydrogens is 252 g/mol. The summed E-state index contributed by atoms with van der Waals surface area (Å²) < 4.78 is 5.84. The van der Waals surface area contributed by atoms with Gasteiger partial charge in [-0.25, -0.2) is 0 Å². The summed E-state index contributed by atoms with van der Waals surface area (Å²) in [6.07, 6.45) is 0.374. The maximum absolute atomic E-state index is 11.3. The Hall–Kier alpha value is -1.91. The van der Waals surface area contributed by atoms with Gasteiger partial charge < -0.3 is 10.1 Å². The minimum atomic E-state index is -0.502. The normalized spacial score (nSPS) is 17.8. The lowest BCUT2D eigenvalue weighted by molar-refractivity contribution is -0.122. The smallest absolute Gasteiger partial charge is 0.209 e. The SMILES string of the molecule is O=CC(Oc1ccc2ccccc2c1)N1CCNCC1. The molecule has 0 spiro atoms. The number of fused-ring (bicyclic) bond motifs is 1. The molecule has 4 nitrogen and oxygen atoms in total. The first-order valence-electron chi connectivity index (χ1n) is 6.92. The van der Waals surface area contributed by atoms with Crippen LogP contribution >= 0.6 is 0 Å². The summed E-state index contributed by atoms with van der Waals surface area (Å²) in [5, 5.41) is 5.56. The molecule has 0 amide bonds. The summed E-state index contributed by atoms with van der Waals surface area (Å²) in [6, 6.07) is 14.0. The molecule has 0 radical (unpaired) electrons. The van der Waals surface area contributed by atoms with Crippen LogP contribution in [0, 0.1) is 0 Å². The largest absolute Gasteiger partial charge is 0.468 e. The topological polar surface area (TPSA) is 41.6 Å². The average Bonchev–Trinajstić information content (AvgIpc) is 2.53. The van der Waals surface area contributed by atoms with Gasteiger partial charge in [0.25, 0.3) is 0 Å². The van der Waals surface area contributed by atoms with Crippen LogP contribution in [0.2, 0.25) is 0 Å². The van der Waals surface area contributed by atoms with E-state index in [1.807, 2.05) is 36.4 Å². The van der Waals surface area contributed by atoms with E-state index in [-0.39, 0.29) is 0 Å². The zero-order valence-electron chi connectivity index (χ0n) is 11.3. The van der Waals surface area contributed by atoms with Gasteiger partial charge in [-0.05, 0) is 22.9 Å². The molecule has 1 fully saturated rings. The second kappa shape index (κ2) is 6.03. The number of rotatable bonds is 4. The molecule has 104 valence electrons. The third-order valence-electron chi connectivity index (χ3n) is 3.61. The molecule has 1 aliphatic heterocycles. The number of hydrogen-bond acceptors (Lipinski definition) is 4. The van der Waals surface area contributed by atoms with Crippen LogP contribution in [-0.2, 0) is 4.79 Å². The summed E-state index contributed by atoms with van der Waals surface area (Å²) >= 11 is 0. The average molecular weight is 270 g/mol. The van der Waals surface area contributed by atoms with Gasteiger partial charge >= 0.3 is 0 Å². The Labute approximate surface area is 118 Å². The van der Waals surface area contributed by atoms with E-state index < -0.39 is 6.23 Å². The van der Waals surface area contributed by atoms with Crippen LogP contribution in [0.5, 0.6) is 5.75 Å². The summed E-state index contributed by atoms with van der Waals surface area (Å²) in [5.74, 6) is 0.735. The van der Waals surface area contributed by atoms with Gasteiger partial charge in [-0.3, -0.25) is 9.69 Å². The fraction of sp³-hybridized carbons (Fsp3) is 0.312. The monoisotopic (exact) mass is 270 g/mol. The van der Waals surface area contributed by atoms with Crippen molar-refractivity contribution in [3.05, 3.63) is 42.5 Å². The Morgan fingerprint density at radius 3 is 2.60 bits per heavy atom. The molecule has 20 heavy (non-hydrogen) atoms. The van der Waals surface area contributed by atoms with Crippen molar-refractivity contribution >= 4 is 17.1 Å². The number of nitrogens with one attached hydrogen (secondary N) is 1. The molecule has 4 heteroatoms. The molecular formula is C16H18N2O2. The zero-order chi connectivity index (χ0) is 13.8. The predicted octanol–water partition coefficient (Wildman–Crippen LogP) is 1.65. The van der Waals surface area contributed by atoms with Crippen LogP contribution in [0.15, 0.2) is 42.5 Å². The highest BCUT2D eigenvalue weighted by atomic mass is 16.5. The molecule has 1 aliphatic rings. The second-order valence-corrected chi connectivity index (χ2v) is 4.94. The number of piperazine rings is 1. The molecule has 1 N–H and O–H groups in total. The molecule has 0 bridgehead atoms. The number of ether oxygens (including phenoxy) is 1. The van der Waals surface area contributed by atoms with Crippen molar-refractivity contribution < 1.29 is 9.53 Å². The van der Waals surface area contributed by atoms with Crippen molar-refractivity contribution in [1.82, 2.24) is 10.2 Å². The lowest BCUT2D eigenvalue weighted by Gasteiger charge is -2.31. The van der Waals surface area contributed by atoms with Crippen LogP contribution in [0.4, 0.5) is 0 Å². The van der Waals surface area contributed by atoms with Crippen LogP contribution < -0.4 is 10.1 Å². The van der Waals surface area contributed by atoms with Crippen molar-refractivity contribution in [3.8, 4) is 5.75 Å². The first-order valence-corrected chi connectivity index (χ1v) is 6.92. The molecule has 1 atom stereocenters. The standard InChI is InChI=1S/C16H18N2O2/c19-12-16(18-9-7-17-8-10-18)20-15-6-5-13-3-1-2-4-14(13)11-15/h1-6,11-12,16-17H,7-10H2. The minimum absolute atomic E-state index is 0.502. The van der Waals surface area contributed by atoms with Crippen LogP contribution in [0.1, 0.15) is 0 Å². The highest BCUT2D eigenvalue weighted by Crippen LogP contribution is 2.21. The molecule has 3 rings (SSSR count). The van der Waals surface area contributed by atoms with Crippen molar-refractivity contribution in [2.24, 2.45) is 0 Å². The Morgan fingerprint density at radius 2 is 1.85 bits per heavy atom.